The smallest absolute Gasteiger partial charge is 0.178 e. The molecule has 4 N–H and O–H groups in total. The van der Waals surface area contributed by atoms with Crippen molar-refractivity contribution in [2.75, 3.05) is 5.43 Å². The summed E-state index contributed by atoms with van der Waals surface area (Å²) in [5.41, 5.74) is 8.24. The fourth-order valence-electron chi connectivity index (χ4n) is 1.76. The molecule has 17 heavy (non-hydrogen) atoms. The molecule has 2 heterocycles. The number of aromatic nitrogens is 2. The first-order chi connectivity index (χ1) is 8.27. The third-order valence-electron chi connectivity index (χ3n) is 2.56. The van der Waals surface area contributed by atoms with Crippen molar-refractivity contribution in [2.24, 2.45) is 0 Å². The van der Waals surface area contributed by atoms with Gasteiger partial charge in [-0.1, -0.05) is 30.3 Å². The lowest BCUT2D eigenvalue weighted by molar-refractivity contribution is 0.506. The van der Waals surface area contributed by atoms with E-state index in [1.807, 2.05) is 52.9 Å². The van der Waals surface area contributed by atoms with Gasteiger partial charge >= 0.3 is 0 Å². The van der Waals surface area contributed by atoms with Crippen molar-refractivity contribution in [1.82, 2.24) is 15.6 Å². The molecule has 0 saturated heterocycles. The molecular formula is C11H9IN4O. The van der Waals surface area contributed by atoms with Gasteiger partial charge in [-0.2, -0.15) is 5.10 Å². The number of benzene rings is 1. The van der Waals surface area contributed by atoms with Crippen LogP contribution in [0.3, 0.4) is 0 Å². The van der Waals surface area contributed by atoms with Gasteiger partial charge in [-0.3, -0.25) is 16.0 Å². The maximum atomic E-state index is 10.1. The highest BCUT2D eigenvalue weighted by molar-refractivity contribution is 14.1. The summed E-state index contributed by atoms with van der Waals surface area (Å²) in [5.74, 6) is 0.800. The van der Waals surface area contributed by atoms with Gasteiger partial charge in [-0.15, -0.1) is 0 Å². The van der Waals surface area contributed by atoms with Crippen LogP contribution in [0.2, 0.25) is 0 Å². The van der Waals surface area contributed by atoms with E-state index in [2.05, 4.69) is 21.0 Å². The lowest BCUT2D eigenvalue weighted by atomic mass is 10.1. The molecule has 0 fully saturated rings. The van der Waals surface area contributed by atoms with E-state index in [9.17, 15) is 5.11 Å². The molecule has 0 atom stereocenters. The maximum absolute atomic E-state index is 10.1. The average molecular weight is 340 g/mol. The van der Waals surface area contributed by atoms with Crippen LogP contribution in [0.25, 0.3) is 17.0 Å². The Morgan fingerprint density at radius 2 is 1.88 bits per heavy atom. The minimum absolute atomic E-state index is 0.201. The Morgan fingerprint density at radius 3 is 2.65 bits per heavy atom. The molecule has 0 spiro atoms. The van der Waals surface area contributed by atoms with E-state index < -0.39 is 0 Å². The molecule has 0 unspecified atom stereocenters. The number of aliphatic hydroxyl groups is 1. The Balaban J connectivity index is 2.20. The fraction of sp³-hybridized carbons (Fsp3) is 0. The Morgan fingerprint density at radius 1 is 1.12 bits per heavy atom. The van der Waals surface area contributed by atoms with Crippen LogP contribution in [-0.4, -0.2) is 15.3 Å². The molecule has 1 aliphatic heterocycles. The number of fused-ring (bicyclic) bond motifs is 1. The third-order valence-corrected chi connectivity index (χ3v) is 3.34. The minimum Gasteiger partial charge on any atom is -0.504 e. The monoisotopic (exact) mass is 340 g/mol. The van der Waals surface area contributed by atoms with Crippen LogP contribution in [0.15, 0.2) is 34.0 Å². The van der Waals surface area contributed by atoms with Crippen molar-refractivity contribution in [3.63, 3.8) is 0 Å². The summed E-state index contributed by atoms with van der Waals surface area (Å²) in [4.78, 5) is 0. The van der Waals surface area contributed by atoms with Crippen LogP contribution >= 0.6 is 22.6 Å². The lowest BCUT2D eigenvalue weighted by Gasteiger charge is -2.16. The molecule has 1 aromatic heterocycles. The second-order valence-corrected chi connectivity index (χ2v) is 4.68. The number of anilines is 1. The number of H-pyrrole nitrogens is 1. The average Bonchev–Trinajstić information content (AvgIpc) is 2.79. The van der Waals surface area contributed by atoms with E-state index in [0.717, 1.165) is 11.3 Å². The first-order valence-electron chi connectivity index (χ1n) is 5.02. The standard InChI is InChI=1S/C11H9IN4O/c12-10-9(17)7-8(6-4-2-1-3-5-6)13-15-11(7)16-14-10/h1-5,14,17H,(H2,13,15,16). The molecule has 5 nitrogen and oxygen atoms in total. The van der Waals surface area contributed by atoms with Crippen molar-refractivity contribution in [1.29, 1.82) is 0 Å². The Hall–Kier alpha value is -1.70. The first-order valence-corrected chi connectivity index (χ1v) is 6.10. The molecule has 0 saturated carbocycles. The summed E-state index contributed by atoms with van der Waals surface area (Å²) in [7, 11) is 0. The molecule has 2 aromatic rings. The van der Waals surface area contributed by atoms with Crippen molar-refractivity contribution < 1.29 is 5.11 Å². The number of hydrogen-bond donors (Lipinski definition) is 4. The number of nitrogens with one attached hydrogen (secondary N) is 3. The molecule has 0 aliphatic carbocycles. The molecule has 86 valence electrons. The Labute approximate surface area is 111 Å². The van der Waals surface area contributed by atoms with Gasteiger partial charge in [0.1, 0.15) is 3.70 Å². The van der Waals surface area contributed by atoms with Crippen molar-refractivity contribution in [2.45, 2.75) is 0 Å². The molecule has 1 aromatic carbocycles. The van der Waals surface area contributed by atoms with Gasteiger partial charge in [0.25, 0.3) is 0 Å². The summed E-state index contributed by atoms with van der Waals surface area (Å²) in [6, 6.07) is 9.78. The van der Waals surface area contributed by atoms with Crippen LogP contribution in [0.4, 0.5) is 5.82 Å². The predicted molar refractivity (Wildman–Crippen MR) is 74.4 cm³/mol. The normalized spacial score (nSPS) is 13.9. The number of hydrogen-bond acceptors (Lipinski definition) is 4. The molecule has 0 radical (unpaired) electrons. The summed E-state index contributed by atoms with van der Waals surface area (Å²) in [6.45, 7) is 0. The van der Waals surface area contributed by atoms with Gasteiger partial charge in [0.2, 0.25) is 0 Å². The SMILES string of the molecule is OC1=C(I)NNc2n[nH]c(-c3ccccc3)c21. The van der Waals surface area contributed by atoms with E-state index in [4.69, 9.17) is 0 Å². The number of rotatable bonds is 1. The van der Waals surface area contributed by atoms with E-state index in [1.54, 1.807) is 0 Å². The Kier molecular flexibility index (Phi) is 2.43. The van der Waals surface area contributed by atoms with Gasteiger partial charge in [0.05, 0.1) is 11.3 Å². The number of aromatic amines is 1. The van der Waals surface area contributed by atoms with Gasteiger partial charge in [0, 0.05) is 5.56 Å². The maximum Gasteiger partial charge on any atom is 0.178 e. The second-order valence-electron chi connectivity index (χ2n) is 3.60. The van der Waals surface area contributed by atoms with E-state index in [1.165, 1.54) is 0 Å². The zero-order valence-electron chi connectivity index (χ0n) is 8.66. The van der Waals surface area contributed by atoms with Gasteiger partial charge < -0.3 is 5.11 Å². The van der Waals surface area contributed by atoms with Crippen molar-refractivity contribution in [3.8, 4) is 11.3 Å². The number of halogens is 1. The van der Waals surface area contributed by atoms with E-state index in [-0.39, 0.29) is 5.76 Å². The number of hydrazine groups is 1. The Bertz CT molecular complexity index is 591. The van der Waals surface area contributed by atoms with Crippen LogP contribution in [0.5, 0.6) is 0 Å². The highest BCUT2D eigenvalue weighted by Gasteiger charge is 2.23. The molecule has 0 amide bonds. The van der Waals surface area contributed by atoms with Gasteiger partial charge in [0.15, 0.2) is 11.6 Å². The van der Waals surface area contributed by atoms with Crippen LogP contribution in [0.1, 0.15) is 5.56 Å². The quantitative estimate of drug-likeness (QED) is 0.476. The zero-order valence-corrected chi connectivity index (χ0v) is 10.8. The molecule has 3 rings (SSSR count). The summed E-state index contributed by atoms with van der Waals surface area (Å²) >= 11 is 2.03. The molecule has 6 heteroatoms. The van der Waals surface area contributed by atoms with Gasteiger partial charge in [-0.25, -0.2) is 0 Å². The first kappa shape index (κ1) is 10.5. The summed E-state index contributed by atoms with van der Waals surface area (Å²) < 4.78 is 0.647. The third kappa shape index (κ3) is 1.64. The summed E-state index contributed by atoms with van der Waals surface area (Å²) in [6.07, 6.45) is 0. The molecule has 1 aliphatic rings. The highest BCUT2D eigenvalue weighted by Crippen LogP contribution is 2.35. The molecule has 0 bridgehead atoms. The topological polar surface area (TPSA) is 73.0 Å². The van der Waals surface area contributed by atoms with Crippen LogP contribution < -0.4 is 10.9 Å². The lowest BCUT2D eigenvalue weighted by Crippen LogP contribution is -2.23. The van der Waals surface area contributed by atoms with Crippen LogP contribution in [0, 0.1) is 0 Å². The van der Waals surface area contributed by atoms with Gasteiger partial charge in [-0.05, 0) is 22.6 Å². The van der Waals surface area contributed by atoms with E-state index in [0.29, 0.717) is 15.1 Å². The predicted octanol–water partition coefficient (Wildman–Crippen LogP) is 2.63. The minimum atomic E-state index is 0.201. The highest BCUT2D eigenvalue weighted by atomic mass is 127. The number of nitrogens with zero attached hydrogens (tertiary/aromatic N) is 1. The second kappa shape index (κ2) is 3.95. The largest absolute Gasteiger partial charge is 0.504 e. The van der Waals surface area contributed by atoms with E-state index >= 15 is 0 Å². The fourth-order valence-corrected chi connectivity index (χ4v) is 2.16. The van der Waals surface area contributed by atoms with Crippen molar-refractivity contribution in [3.05, 3.63) is 39.6 Å². The van der Waals surface area contributed by atoms with Crippen LogP contribution in [-0.2, 0) is 0 Å². The summed E-state index contributed by atoms with van der Waals surface area (Å²) in [5, 5.41) is 17.1. The molecular weight excluding hydrogens is 331 g/mol. The zero-order chi connectivity index (χ0) is 11.8. The number of aliphatic hydroxyl groups excluding tert-OH is 1. The van der Waals surface area contributed by atoms with Crippen molar-refractivity contribution >= 4 is 34.2 Å².